The molecule has 0 spiro atoms. The molecule has 0 aromatic heterocycles. The van der Waals surface area contributed by atoms with Crippen molar-refractivity contribution < 1.29 is 4.74 Å². The van der Waals surface area contributed by atoms with Gasteiger partial charge in [-0.05, 0) is 38.3 Å². The number of nitrogens with one attached hydrogen (secondary N) is 1. The molecule has 0 fully saturated rings. The molecule has 0 heterocycles. The third-order valence-corrected chi connectivity index (χ3v) is 3.37. The molecule has 0 aliphatic rings. The molecule has 1 unspecified atom stereocenters. The molecule has 0 radical (unpaired) electrons. The van der Waals surface area contributed by atoms with Gasteiger partial charge in [0.25, 0.3) is 0 Å². The molecule has 1 N–H and O–H groups in total. The number of nitrogens with zero attached hydrogens (tertiary/aromatic N) is 1. The van der Waals surface area contributed by atoms with Gasteiger partial charge >= 0.3 is 0 Å². The maximum atomic E-state index is 5.11. The van der Waals surface area contributed by atoms with Crippen LogP contribution < -0.4 is 5.32 Å². The number of methoxy groups -OCH3 is 1. The molecule has 0 bridgehead atoms. The molecular formula is C15H34N2O. The zero-order valence-electron chi connectivity index (χ0n) is 13.2. The van der Waals surface area contributed by atoms with E-state index in [1.165, 1.54) is 25.8 Å². The SMILES string of the molecule is CCCNCC(C)(CCC)CN(C)CCCOC. The summed E-state index contributed by atoms with van der Waals surface area (Å²) < 4.78 is 5.11. The van der Waals surface area contributed by atoms with E-state index in [0.29, 0.717) is 5.41 Å². The van der Waals surface area contributed by atoms with Gasteiger partial charge in [0, 0.05) is 33.4 Å². The van der Waals surface area contributed by atoms with Crippen molar-refractivity contribution in [2.45, 2.75) is 46.5 Å². The van der Waals surface area contributed by atoms with Crippen LogP contribution in [-0.2, 0) is 4.74 Å². The predicted octanol–water partition coefficient (Wildman–Crippen LogP) is 2.76. The van der Waals surface area contributed by atoms with Crippen LogP contribution in [0.15, 0.2) is 0 Å². The lowest BCUT2D eigenvalue weighted by Crippen LogP contribution is -2.41. The lowest BCUT2D eigenvalue weighted by atomic mass is 9.84. The zero-order valence-corrected chi connectivity index (χ0v) is 13.2. The average molecular weight is 258 g/mol. The third-order valence-electron chi connectivity index (χ3n) is 3.37. The molecule has 0 aromatic carbocycles. The van der Waals surface area contributed by atoms with Gasteiger partial charge in [0.2, 0.25) is 0 Å². The van der Waals surface area contributed by atoms with E-state index < -0.39 is 0 Å². The summed E-state index contributed by atoms with van der Waals surface area (Å²) in [5.74, 6) is 0. The molecular weight excluding hydrogens is 224 g/mol. The van der Waals surface area contributed by atoms with E-state index in [1.54, 1.807) is 7.11 Å². The van der Waals surface area contributed by atoms with Crippen LogP contribution in [0.4, 0.5) is 0 Å². The van der Waals surface area contributed by atoms with E-state index in [1.807, 2.05) is 0 Å². The van der Waals surface area contributed by atoms with Crippen LogP contribution in [0, 0.1) is 5.41 Å². The predicted molar refractivity (Wildman–Crippen MR) is 80.2 cm³/mol. The summed E-state index contributed by atoms with van der Waals surface area (Å²) in [6, 6.07) is 0. The number of rotatable bonds is 12. The van der Waals surface area contributed by atoms with Crippen molar-refractivity contribution in [2.24, 2.45) is 5.41 Å². The van der Waals surface area contributed by atoms with Crippen LogP contribution in [0.1, 0.15) is 46.5 Å². The second-order valence-electron chi connectivity index (χ2n) is 5.82. The summed E-state index contributed by atoms with van der Waals surface area (Å²) in [5, 5.41) is 3.58. The Kier molecular flexibility index (Phi) is 10.7. The van der Waals surface area contributed by atoms with Gasteiger partial charge in [-0.25, -0.2) is 0 Å². The minimum absolute atomic E-state index is 0.395. The number of hydrogen-bond donors (Lipinski definition) is 1. The molecule has 0 amide bonds. The van der Waals surface area contributed by atoms with Crippen molar-refractivity contribution in [1.29, 1.82) is 0 Å². The van der Waals surface area contributed by atoms with Crippen molar-refractivity contribution in [2.75, 3.05) is 46.9 Å². The van der Waals surface area contributed by atoms with Gasteiger partial charge in [0.1, 0.15) is 0 Å². The van der Waals surface area contributed by atoms with Gasteiger partial charge in [-0.2, -0.15) is 0 Å². The first-order valence-corrected chi connectivity index (χ1v) is 7.46. The Morgan fingerprint density at radius 2 is 1.94 bits per heavy atom. The molecule has 0 saturated heterocycles. The minimum atomic E-state index is 0.395. The first-order valence-electron chi connectivity index (χ1n) is 7.46. The zero-order chi connectivity index (χ0) is 13.9. The van der Waals surface area contributed by atoms with Gasteiger partial charge in [-0.15, -0.1) is 0 Å². The van der Waals surface area contributed by atoms with Crippen molar-refractivity contribution in [3.8, 4) is 0 Å². The quantitative estimate of drug-likeness (QED) is 0.545. The fraction of sp³-hybridized carbons (Fsp3) is 1.00. The normalized spacial score (nSPS) is 15.0. The van der Waals surface area contributed by atoms with Crippen molar-refractivity contribution in [1.82, 2.24) is 10.2 Å². The Labute approximate surface area is 114 Å². The molecule has 0 aliphatic carbocycles. The van der Waals surface area contributed by atoms with E-state index in [-0.39, 0.29) is 0 Å². The highest BCUT2D eigenvalue weighted by molar-refractivity contribution is 4.79. The summed E-state index contributed by atoms with van der Waals surface area (Å²) in [6.45, 7) is 12.3. The van der Waals surface area contributed by atoms with Crippen molar-refractivity contribution >= 4 is 0 Å². The molecule has 18 heavy (non-hydrogen) atoms. The molecule has 1 atom stereocenters. The molecule has 0 saturated carbocycles. The van der Waals surface area contributed by atoms with Gasteiger partial charge < -0.3 is 15.0 Å². The topological polar surface area (TPSA) is 24.5 Å². The van der Waals surface area contributed by atoms with Crippen LogP contribution in [0.25, 0.3) is 0 Å². The highest BCUT2D eigenvalue weighted by atomic mass is 16.5. The fourth-order valence-corrected chi connectivity index (χ4v) is 2.60. The van der Waals surface area contributed by atoms with Gasteiger partial charge in [-0.1, -0.05) is 27.2 Å². The Morgan fingerprint density at radius 1 is 1.22 bits per heavy atom. The largest absolute Gasteiger partial charge is 0.385 e. The highest BCUT2D eigenvalue weighted by Crippen LogP contribution is 2.23. The van der Waals surface area contributed by atoms with E-state index >= 15 is 0 Å². The van der Waals surface area contributed by atoms with E-state index in [9.17, 15) is 0 Å². The maximum absolute atomic E-state index is 5.11. The second kappa shape index (κ2) is 10.8. The van der Waals surface area contributed by atoms with Crippen LogP contribution in [0.5, 0.6) is 0 Å². The van der Waals surface area contributed by atoms with Crippen LogP contribution in [0.2, 0.25) is 0 Å². The molecule has 110 valence electrons. The monoisotopic (exact) mass is 258 g/mol. The van der Waals surface area contributed by atoms with E-state index in [4.69, 9.17) is 4.74 Å². The molecule has 0 rings (SSSR count). The molecule has 3 heteroatoms. The summed E-state index contributed by atoms with van der Waals surface area (Å²) in [4.78, 5) is 2.45. The first-order chi connectivity index (χ1) is 8.58. The summed E-state index contributed by atoms with van der Waals surface area (Å²) >= 11 is 0. The molecule has 3 nitrogen and oxygen atoms in total. The Morgan fingerprint density at radius 3 is 2.50 bits per heavy atom. The van der Waals surface area contributed by atoms with Gasteiger partial charge in [-0.3, -0.25) is 0 Å². The van der Waals surface area contributed by atoms with Gasteiger partial charge in [0.05, 0.1) is 0 Å². The first kappa shape index (κ1) is 17.9. The van der Waals surface area contributed by atoms with Crippen molar-refractivity contribution in [3.63, 3.8) is 0 Å². The number of hydrogen-bond acceptors (Lipinski definition) is 3. The van der Waals surface area contributed by atoms with Crippen LogP contribution >= 0.6 is 0 Å². The Hall–Kier alpha value is -0.120. The maximum Gasteiger partial charge on any atom is 0.0474 e. The summed E-state index contributed by atoms with van der Waals surface area (Å²) in [7, 11) is 4.00. The minimum Gasteiger partial charge on any atom is -0.385 e. The summed E-state index contributed by atoms with van der Waals surface area (Å²) in [6.07, 6.45) is 4.89. The lowest BCUT2D eigenvalue weighted by Gasteiger charge is -2.34. The van der Waals surface area contributed by atoms with Crippen LogP contribution in [-0.4, -0.2) is 51.8 Å². The summed E-state index contributed by atoms with van der Waals surface area (Å²) in [5.41, 5.74) is 0.395. The standard InChI is InChI=1S/C15H34N2O/c1-6-9-15(3,13-16-10-7-2)14-17(4)11-8-12-18-5/h16H,6-14H2,1-5H3. The second-order valence-corrected chi connectivity index (χ2v) is 5.82. The van der Waals surface area contributed by atoms with Crippen molar-refractivity contribution in [3.05, 3.63) is 0 Å². The Balaban J connectivity index is 4.05. The Bertz CT molecular complexity index is 187. The van der Waals surface area contributed by atoms with E-state index in [0.717, 1.165) is 32.7 Å². The van der Waals surface area contributed by atoms with Gasteiger partial charge in [0.15, 0.2) is 0 Å². The van der Waals surface area contributed by atoms with Crippen LogP contribution in [0.3, 0.4) is 0 Å². The highest BCUT2D eigenvalue weighted by Gasteiger charge is 2.24. The molecule has 0 aliphatic heterocycles. The fourth-order valence-electron chi connectivity index (χ4n) is 2.60. The third kappa shape index (κ3) is 8.90. The lowest BCUT2D eigenvalue weighted by molar-refractivity contribution is 0.146. The molecule has 0 aromatic rings. The van der Waals surface area contributed by atoms with E-state index in [2.05, 4.69) is 38.0 Å². The smallest absolute Gasteiger partial charge is 0.0474 e. The average Bonchev–Trinajstić information content (AvgIpc) is 2.29. The number of ether oxygens (including phenoxy) is 1.